The maximum Gasteiger partial charge on any atom is 0.217 e. The Hall–Kier alpha value is -1.61. The second kappa shape index (κ2) is 4.25. The van der Waals surface area contributed by atoms with E-state index in [1.165, 1.54) is 6.42 Å². The first-order valence-corrected chi connectivity index (χ1v) is 6.51. The van der Waals surface area contributed by atoms with Gasteiger partial charge in [0, 0.05) is 5.39 Å². The molecule has 1 fully saturated rings. The van der Waals surface area contributed by atoms with Crippen LogP contribution in [0.3, 0.4) is 0 Å². The Morgan fingerprint density at radius 3 is 2.61 bits per heavy atom. The molecule has 0 aliphatic heterocycles. The lowest BCUT2D eigenvalue weighted by molar-refractivity contribution is 0.0820. The van der Waals surface area contributed by atoms with E-state index in [-0.39, 0.29) is 5.78 Å². The molecule has 2 N–H and O–H groups in total. The molecule has 1 aliphatic rings. The van der Waals surface area contributed by atoms with Gasteiger partial charge in [-0.25, -0.2) is 0 Å². The minimum atomic E-state index is -0.716. The minimum Gasteiger partial charge on any atom is -0.453 e. The Morgan fingerprint density at radius 1 is 1.17 bits per heavy atom. The van der Waals surface area contributed by atoms with Crippen molar-refractivity contribution in [1.29, 1.82) is 0 Å². The van der Waals surface area contributed by atoms with Gasteiger partial charge in [0.1, 0.15) is 5.58 Å². The number of hydrogen-bond donors (Lipinski definition) is 1. The quantitative estimate of drug-likeness (QED) is 0.823. The zero-order valence-corrected chi connectivity index (χ0v) is 10.3. The smallest absolute Gasteiger partial charge is 0.217 e. The van der Waals surface area contributed by atoms with E-state index in [2.05, 4.69) is 0 Å². The third kappa shape index (κ3) is 1.85. The number of Topliss-reactive ketones (excluding diaryl/α,β-unsaturated/α-hetero) is 1. The molecule has 1 aliphatic carbocycles. The maximum atomic E-state index is 12.5. The highest BCUT2D eigenvalue weighted by Gasteiger charge is 2.37. The van der Waals surface area contributed by atoms with Gasteiger partial charge >= 0.3 is 0 Å². The van der Waals surface area contributed by atoms with Crippen LogP contribution in [0, 0.1) is 0 Å². The summed E-state index contributed by atoms with van der Waals surface area (Å²) in [5.74, 6) is 0.360. The summed E-state index contributed by atoms with van der Waals surface area (Å²) < 4.78 is 5.62. The number of hydrogen-bond acceptors (Lipinski definition) is 3. The van der Waals surface area contributed by atoms with Gasteiger partial charge in [-0.15, -0.1) is 0 Å². The first kappa shape index (κ1) is 11.5. The van der Waals surface area contributed by atoms with Crippen LogP contribution in [0.4, 0.5) is 0 Å². The molecule has 0 radical (unpaired) electrons. The molecule has 1 heterocycles. The summed E-state index contributed by atoms with van der Waals surface area (Å²) in [4.78, 5) is 12.5. The number of ketones is 1. The first-order valence-electron chi connectivity index (χ1n) is 6.51. The number of furan rings is 1. The van der Waals surface area contributed by atoms with Crippen LogP contribution in [0.25, 0.3) is 11.0 Å². The van der Waals surface area contributed by atoms with Gasteiger partial charge < -0.3 is 10.2 Å². The summed E-state index contributed by atoms with van der Waals surface area (Å²) in [6.07, 6.45) is 4.77. The average Bonchev–Trinajstić information content (AvgIpc) is 2.82. The first-order chi connectivity index (χ1) is 8.69. The molecule has 94 valence electrons. The fourth-order valence-corrected chi connectivity index (χ4v) is 2.75. The molecule has 2 aromatic rings. The monoisotopic (exact) mass is 243 g/mol. The number of carbonyl (C=O) groups excluding carboxylic acids is 1. The summed E-state index contributed by atoms with van der Waals surface area (Å²) in [6.45, 7) is 0. The lowest BCUT2D eigenvalue weighted by Gasteiger charge is -2.30. The van der Waals surface area contributed by atoms with E-state index in [1.807, 2.05) is 24.3 Å². The zero-order valence-electron chi connectivity index (χ0n) is 10.3. The van der Waals surface area contributed by atoms with Gasteiger partial charge in [-0.2, -0.15) is 0 Å². The van der Waals surface area contributed by atoms with Gasteiger partial charge in [-0.05, 0) is 25.0 Å². The summed E-state index contributed by atoms with van der Waals surface area (Å²) >= 11 is 0. The second-order valence-corrected chi connectivity index (χ2v) is 5.19. The van der Waals surface area contributed by atoms with Crippen LogP contribution in [0.1, 0.15) is 42.7 Å². The predicted octanol–water partition coefficient (Wildman–Crippen LogP) is 3.28. The van der Waals surface area contributed by atoms with Gasteiger partial charge in [0.15, 0.2) is 5.76 Å². The van der Waals surface area contributed by atoms with Crippen LogP contribution >= 0.6 is 0 Å². The predicted molar refractivity (Wildman–Crippen MR) is 70.5 cm³/mol. The van der Waals surface area contributed by atoms with E-state index in [9.17, 15) is 4.79 Å². The third-order valence-electron chi connectivity index (χ3n) is 3.85. The fourth-order valence-electron chi connectivity index (χ4n) is 2.75. The average molecular weight is 243 g/mol. The number of benzene rings is 1. The Morgan fingerprint density at radius 2 is 1.89 bits per heavy atom. The molecule has 0 spiro atoms. The van der Waals surface area contributed by atoms with E-state index in [4.69, 9.17) is 10.2 Å². The molecule has 18 heavy (non-hydrogen) atoms. The number of carbonyl (C=O) groups is 1. The Kier molecular flexibility index (Phi) is 2.71. The highest BCUT2D eigenvalue weighted by Crippen LogP contribution is 2.30. The van der Waals surface area contributed by atoms with Crippen molar-refractivity contribution in [1.82, 2.24) is 0 Å². The van der Waals surface area contributed by atoms with Gasteiger partial charge in [0.2, 0.25) is 5.78 Å². The lowest BCUT2D eigenvalue weighted by atomic mass is 9.79. The fraction of sp³-hybridized carbons (Fsp3) is 0.400. The van der Waals surface area contributed by atoms with Crippen molar-refractivity contribution in [3.63, 3.8) is 0 Å². The summed E-state index contributed by atoms with van der Waals surface area (Å²) in [5, 5.41) is 0.959. The van der Waals surface area contributed by atoms with Crippen molar-refractivity contribution in [3.8, 4) is 0 Å². The second-order valence-electron chi connectivity index (χ2n) is 5.19. The molecule has 0 amide bonds. The summed E-state index contributed by atoms with van der Waals surface area (Å²) in [6, 6.07) is 9.46. The molecule has 0 saturated heterocycles. The number of rotatable bonds is 2. The van der Waals surface area contributed by atoms with Gasteiger partial charge in [-0.1, -0.05) is 37.5 Å². The zero-order chi connectivity index (χ0) is 12.6. The van der Waals surface area contributed by atoms with Gasteiger partial charge in [0.25, 0.3) is 0 Å². The van der Waals surface area contributed by atoms with E-state index < -0.39 is 5.54 Å². The molecule has 3 heteroatoms. The van der Waals surface area contributed by atoms with Crippen molar-refractivity contribution in [2.45, 2.75) is 37.6 Å². The molecular weight excluding hydrogens is 226 g/mol. The number of fused-ring (bicyclic) bond motifs is 1. The summed E-state index contributed by atoms with van der Waals surface area (Å²) in [5.41, 5.74) is 6.28. The molecule has 1 saturated carbocycles. The van der Waals surface area contributed by atoms with Crippen molar-refractivity contribution < 1.29 is 9.21 Å². The molecule has 0 bridgehead atoms. The SMILES string of the molecule is NC1(C(=O)c2cc3ccccc3o2)CCCCC1. The van der Waals surface area contributed by atoms with Crippen molar-refractivity contribution >= 4 is 16.8 Å². The minimum absolute atomic E-state index is 0.0431. The molecule has 0 atom stereocenters. The topological polar surface area (TPSA) is 56.2 Å². The Labute approximate surface area is 106 Å². The summed E-state index contributed by atoms with van der Waals surface area (Å²) in [7, 11) is 0. The number of para-hydroxylation sites is 1. The van der Waals surface area contributed by atoms with E-state index >= 15 is 0 Å². The van der Waals surface area contributed by atoms with E-state index in [0.717, 1.165) is 36.7 Å². The Balaban J connectivity index is 1.96. The van der Waals surface area contributed by atoms with Crippen LogP contribution < -0.4 is 5.73 Å². The molecule has 0 unspecified atom stereocenters. The largest absolute Gasteiger partial charge is 0.453 e. The van der Waals surface area contributed by atoms with Crippen LogP contribution in [-0.4, -0.2) is 11.3 Å². The molecule has 1 aromatic carbocycles. The van der Waals surface area contributed by atoms with Crippen molar-refractivity contribution in [3.05, 3.63) is 36.1 Å². The van der Waals surface area contributed by atoms with Gasteiger partial charge in [-0.3, -0.25) is 4.79 Å². The van der Waals surface area contributed by atoms with Gasteiger partial charge in [0.05, 0.1) is 5.54 Å². The maximum absolute atomic E-state index is 12.5. The van der Waals surface area contributed by atoms with E-state index in [0.29, 0.717) is 5.76 Å². The highest BCUT2D eigenvalue weighted by molar-refractivity contribution is 6.03. The van der Waals surface area contributed by atoms with Crippen LogP contribution in [-0.2, 0) is 0 Å². The van der Waals surface area contributed by atoms with E-state index in [1.54, 1.807) is 6.07 Å². The number of nitrogens with two attached hydrogens (primary N) is 1. The van der Waals surface area contributed by atoms with Crippen molar-refractivity contribution in [2.75, 3.05) is 0 Å². The Bertz CT molecular complexity index is 546. The van der Waals surface area contributed by atoms with Crippen molar-refractivity contribution in [2.24, 2.45) is 5.73 Å². The highest BCUT2D eigenvalue weighted by atomic mass is 16.3. The molecule has 3 nitrogen and oxygen atoms in total. The van der Waals surface area contributed by atoms with Crippen LogP contribution in [0.15, 0.2) is 34.7 Å². The van der Waals surface area contributed by atoms with Crippen LogP contribution in [0.5, 0.6) is 0 Å². The molecule has 1 aromatic heterocycles. The normalized spacial score (nSPS) is 18.9. The lowest BCUT2D eigenvalue weighted by Crippen LogP contribution is -2.49. The standard InChI is InChI=1S/C15H17NO2/c16-15(8-4-1-5-9-15)14(17)13-10-11-6-2-3-7-12(11)18-13/h2-3,6-7,10H,1,4-5,8-9,16H2. The van der Waals surface area contributed by atoms with Crippen LogP contribution in [0.2, 0.25) is 0 Å². The molecule has 3 rings (SSSR count). The third-order valence-corrected chi connectivity index (χ3v) is 3.85. The molecular formula is C15H17NO2.